The van der Waals surface area contributed by atoms with E-state index in [0.717, 1.165) is 0 Å². The van der Waals surface area contributed by atoms with Crippen molar-refractivity contribution in [1.82, 2.24) is 15.4 Å². The Morgan fingerprint density at radius 2 is 1.95 bits per heavy atom. The van der Waals surface area contributed by atoms with Crippen LogP contribution in [-0.2, 0) is 6.42 Å². The molecule has 2 heterocycles. The largest absolute Gasteiger partial charge is 0.259 e. The molecule has 3 rings (SSSR count). The van der Waals surface area contributed by atoms with Gasteiger partial charge in [-0.05, 0) is 57.6 Å². The van der Waals surface area contributed by atoms with Crippen LogP contribution in [0.5, 0.6) is 0 Å². The maximum absolute atomic E-state index is 4.63. The van der Waals surface area contributed by atoms with Gasteiger partial charge >= 0.3 is 0 Å². The van der Waals surface area contributed by atoms with Crippen LogP contribution in [0.2, 0.25) is 0 Å². The van der Waals surface area contributed by atoms with Gasteiger partial charge in [-0.25, -0.2) is 10.4 Å². The molecule has 0 bridgehead atoms. The molecule has 0 spiro atoms. The molecule has 19 heavy (non-hydrogen) atoms. The number of nitrogens with zero attached hydrogens (tertiary/aromatic N) is 2. The van der Waals surface area contributed by atoms with Crippen LogP contribution in [0, 0.1) is 0 Å². The van der Waals surface area contributed by atoms with E-state index in [1.807, 2.05) is 6.20 Å². The van der Waals surface area contributed by atoms with Crippen molar-refractivity contribution in [2.24, 2.45) is 0 Å². The van der Waals surface area contributed by atoms with Crippen molar-refractivity contribution in [2.45, 2.75) is 70.5 Å². The molecule has 1 aliphatic carbocycles. The third kappa shape index (κ3) is 2.67. The summed E-state index contributed by atoms with van der Waals surface area (Å²) < 4.78 is 0. The Hall–Kier alpha value is -0.930. The zero-order chi connectivity index (χ0) is 13.2. The Morgan fingerprint density at radius 3 is 2.74 bits per heavy atom. The van der Waals surface area contributed by atoms with Gasteiger partial charge in [-0.15, -0.1) is 0 Å². The summed E-state index contributed by atoms with van der Waals surface area (Å²) in [5, 5.41) is 2.48. The monoisotopic (exact) mass is 259 g/mol. The number of pyridine rings is 1. The number of aryl methyl sites for hydroxylation is 1. The minimum atomic E-state index is 0.410. The molecular formula is C16H25N3. The van der Waals surface area contributed by atoms with E-state index in [2.05, 4.69) is 41.4 Å². The topological polar surface area (TPSA) is 28.2 Å². The van der Waals surface area contributed by atoms with Crippen LogP contribution in [0.4, 0.5) is 0 Å². The van der Waals surface area contributed by atoms with E-state index in [1.54, 1.807) is 0 Å². The van der Waals surface area contributed by atoms with E-state index in [-0.39, 0.29) is 0 Å². The van der Waals surface area contributed by atoms with Gasteiger partial charge in [0, 0.05) is 18.3 Å². The zero-order valence-corrected chi connectivity index (χ0v) is 12.1. The highest BCUT2D eigenvalue weighted by molar-refractivity contribution is 5.25. The number of piperidine rings is 1. The molecule has 1 aromatic rings. The lowest BCUT2D eigenvalue weighted by atomic mass is 9.92. The van der Waals surface area contributed by atoms with Crippen LogP contribution in [0.3, 0.4) is 0 Å². The lowest BCUT2D eigenvalue weighted by Gasteiger charge is -2.42. The quantitative estimate of drug-likeness (QED) is 0.884. The molecule has 3 unspecified atom stereocenters. The third-order valence-electron chi connectivity index (χ3n) is 4.69. The molecule has 0 radical (unpaired) electrons. The second-order valence-corrected chi connectivity index (χ2v) is 6.16. The summed E-state index contributed by atoms with van der Waals surface area (Å²) in [5.74, 6) is 0. The highest BCUT2D eigenvalue weighted by Crippen LogP contribution is 2.30. The van der Waals surface area contributed by atoms with Crippen LogP contribution in [0.25, 0.3) is 0 Å². The average molecular weight is 259 g/mol. The molecule has 0 aromatic carbocycles. The Kier molecular flexibility index (Phi) is 3.85. The summed E-state index contributed by atoms with van der Waals surface area (Å²) in [6.07, 6.45) is 9.57. The summed E-state index contributed by atoms with van der Waals surface area (Å²) in [6.45, 7) is 4.68. The van der Waals surface area contributed by atoms with Crippen molar-refractivity contribution >= 4 is 0 Å². The van der Waals surface area contributed by atoms with Gasteiger partial charge in [0.2, 0.25) is 0 Å². The minimum absolute atomic E-state index is 0.410. The number of fused-ring (bicyclic) bond motifs is 1. The van der Waals surface area contributed by atoms with Gasteiger partial charge < -0.3 is 0 Å². The first-order chi connectivity index (χ1) is 9.25. The number of aromatic nitrogens is 1. The van der Waals surface area contributed by atoms with E-state index in [1.165, 1.54) is 49.8 Å². The molecule has 2 aliphatic rings. The number of rotatable bonds is 2. The van der Waals surface area contributed by atoms with Crippen molar-refractivity contribution in [3.63, 3.8) is 0 Å². The van der Waals surface area contributed by atoms with Crippen molar-refractivity contribution in [3.8, 4) is 0 Å². The Morgan fingerprint density at radius 1 is 1.16 bits per heavy atom. The molecule has 3 nitrogen and oxygen atoms in total. The summed E-state index contributed by atoms with van der Waals surface area (Å²) in [5.41, 5.74) is 6.49. The number of nitrogens with one attached hydrogen (secondary N) is 1. The number of hydrogen-bond acceptors (Lipinski definition) is 3. The Balaban J connectivity index is 1.77. The Labute approximate surface area is 116 Å². The predicted octanol–water partition coefficient (Wildman–Crippen LogP) is 3.23. The highest BCUT2D eigenvalue weighted by Gasteiger charge is 2.29. The highest BCUT2D eigenvalue weighted by atomic mass is 15.5. The van der Waals surface area contributed by atoms with Crippen LogP contribution in [0.15, 0.2) is 18.3 Å². The summed E-state index contributed by atoms with van der Waals surface area (Å²) in [7, 11) is 0. The minimum Gasteiger partial charge on any atom is -0.259 e. The first-order valence-corrected chi connectivity index (χ1v) is 7.74. The van der Waals surface area contributed by atoms with E-state index in [9.17, 15) is 0 Å². The van der Waals surface area contributed by atoms with Crippen molar-refractivity contribution in [3.05, 3.63) is 29.6 Å². The fourth-order valence-electron chi connectivity index (χ4n) is 3.59. The van der Waals surface area contributed by atoms with Crippen LogP contribution < -0.4 is 5.43 Å². The van der Waals surface area contributed by atoms with Gasteiger partial charge in [-0.3, -0.25) is 4.98 Å². The van der Waals surface area contributed by atoms with Crippen molar-refractivity contribution in [1.29, 1.82) is 0 Å². The molecule has 104 valence electrons. The van der Waals surface area contributed by atoms with Crippen LogP contribution >= 0.6 is 0 Å². The first kappa shape index (κ1) is 13.1. The van der Waals surface area contributed by atoms with Crippen molar-refractivity contribution in [2.75, 3.05) is 0 Å². The maximum Gasteiger partial charge on any atom is 0.0640 e. The fourth-order valence-corrected chi connectivity index (χ4v) is 3.59. The molecule has 1 aromatic heterocycles. The lowest BCUT2D eigenvalue weighted by Crippen LogP contribution is -2.53. The molecule has 0 amide bonds. The summed E-state index contributed by atoms with van der Waals surface area (Å²) in [4.78, 5) is 4.63. The number of hydrogen-bond donors (Lipinski definition) is 1. The maximum atomic E-state index is 4.63. The van der Waals surface area contributed by atoms with E-state index < -0.39 is 0 Å². The molecular weight excluding hydrogens is 234 g/mol. The molecule has 0 saturated carbocycles. The second kappa shape index (κ2) is 5.59. The van der Waals surface area contributed by atoms with Gasteiger partial charge in [-0.1, -0.05) is 12.5 Å². The second-order valence-electron chi connectivity index (χ2n) is 6.16. The standard InChI is InChI=1S/C16H25N3/c1-12-6-3-7-13(2)19(12)18-15-10-4-8-14-9-5-11-17-16(14)15/h5,9,11-13,15,18H,3-4,6-8,10H2,1-2H3. The van der Waals surface area contributed by atoms with Crippen LogP contribution in [0.1, 0.15) is 63.3 Å². The third-order valence-corrected chi connectivity index (χ3v) is 4.69. The molecule has 1 aliphatic heterocycles. The van der Waals surface area contributed by atoms with Gasteiger partial charge in [0.1, 0.15) is 0 Å². The summed E-state index contributed by atoms with van der Waals surface area (Å²) in [6, 6.07) is 5.98. The van der Waals surface area contributed by atoms with Crippen LogP contribution in [-0.4, -0.2) is 22.1 Å². The molecule has 3 atom stereocenters. The smallest absolute Gasteiger partial charge is 0.0640 e. The van der Waals surface area contributed by atoms with Gasteiger partial charge in [0.15, 0.2) is 0 Å². The van der Waals surface area contributed by atoms with Crippen molar-refractivity contribution < 1.29 is 0 Å². The molecule has 1 N–H and O–H groups in total. The molecule has 1 fully saturated rings. The van der Waals surface area contributed by atoms with E-state index in [4.69, 9.17) is 0 Å². The van der Waals surface area contributed by atoms with E-state index in [0.29, 0.717) is 18.1 Å². The van der Waals surface area contributed by atoms with Gasteiger partial charge in [-0.2, -0.15) is 0 Å². The lowest BCUT2D eigenvalue weighted by molar-refractivity contribution is 0.0253. The SMILES string of the molecule is CC1CCCC(C)N1NC1CCCc2cccnc21. The predicted molar refractivity (Wildman–Crippen MR) is 77.7 cm³/mol. The summed E-state index contributed by atoms with van der Waals surface area (Å²) >= 11 is 0. The van der Waals surface area contributed by atoms with Gasteiger partial charge in [0.25, 0.3) is 0 Å². The Bertz CT molecular complexity index is 422. The first-order valence-electron chi connectivity index (χ1n) is 7.74. The number of hydrazine groups is 1. The zero-order valence-electron chi connectivity index (χ0n) is 12.1. The fraction of sp³-hybridized carbons (Fsp3) is 0.688. The van der Waals surface area contributed by atoms with E-state index >= 15 is 0 Å². The molecule has 3 heteroatoms. The normalized spacial score (nSPS) is 32.0. The van der Waals surface area contributed by atoms with Gasteiger partial charge in [0.05, 0.1) is 11.7 Å². The average Bonchev–Trinajstić information content (AvgIpc) is 2.43. The molecule has 1 saturated heterocycles.